The Labute approximate surface area is 151 Å². The van der Waals surface area contributed by atoms with Crippen LogP contribution in [0.2, 0.25) is 0 Å². The van der Waals surface area contributed by atoms with Crippen LogP contribution in [0.5, 0.6) is 0 Å². The molecule has 0 spiro atoms. The minimum atomic E-state index is -3.54. The van der Waals surface area contributed by atoms with Gasteiger partial charge in [-0.2, -0.15) is 11.3 Å². The highest BCUT2D eigenvalue weighted by Gasteiger charge is 2.18. The van der Waals surface area contributed by atoms with Crippen LogP contribution in [0.25, 0.3) is 0 Å². The van der Waals surface area contributed by atoms with Gasteiger partial charge in [-0.15, -0.1) is 0 Å². The Bertz CT molecular complexity index is 801. The van der Waals surface area contributed by atoms with Gasteiger partial charge in [0.25, 0.3) is 5.91 Å². The Kier molecular flexibility index (Phi) is 6.72. The maximum Gasteiger partial charge on any atom is 0.307 e. The van der Waals surface area contributed by atoms with Gasteiger partial charge in [-0.3, -0.25) is 9.59 Å². The molecule has 0 atom stereocenters. The third kappa shape index (κ3) is 5.99. The van der Waals surface area contributed by atoms with E-state index in [0.717, 1.165) is 5.56 Å². The van der Waals surface area contributed by atoms with Crippen molar-refractivity contribution < 1.29 is 22.7 Å². The summed E-state index contributed by atoms with van der Waals surface area (Å²) in [5.74, 6) is -1.41. The molecule has 0 radical (unpaired) electrons. The van der Waals surface area contributed by atoms with Gasteiger partial charge >= 0.3 is 5.97 Å². The van der Waals surface area contributed by atoms with Crippen molar-refractivity contribution in [3.8, 4) is 0 Å². The fraction of sp³-hybridized carbons (Fsp3) is 0.294. The van der Waals surface area contributed by atoms with E-state index in [0.29, 0.717) is 6.54 Å². The number of ether oxygens (including phenoxy) is 1. The first-order valence-electron chi connectivity index (χ1n) is 7.57. The molecule has 0 aliphatic rings. The summed E-state index contributed by atoms with van der Waals surface area (Å²) >= 11 is 1.54. The first-order chi connectivity index (χ1) is 11.9. The van der Waals surface area contributed by atoms with E-state index < -0.39 is 22.4 Å². The number of carbonyl (C=O) groups excluding carboxylic acids is 2. The van der Waals surface area contributed by atoms with Crippen molar-refractivity contribution in [2.24, 2.45) is 0 Å². The zero-order valence-electron chi connectivity index (χ0n) is 13.8. The predicted molar refractivity (Wildman–Crippen MR) is 94.9 cm³/mol. The zero-order valence-corrected chi connectivity index (χ0v) is 15.4. The summed E-state index contributed by atoms with van der Waals surface area (Å²) in [4.78, 5) is 25.3. The molecule has 2 rings (SSSR count). The Morgan fingerprint density at radius 2 is 1.88 bits per heavy atom. The molecule has 8 heteroatoms. The van der Waals surface area contributed by atoms with Crippen LogP contribution in [-0.4, -0.2) is 44.6 Å². The SMILES string of the molecule is CN(Cc1ccsc1)C(=O)COC(=O)CCS(=O)(=O)c1ccccc1. The molecule has 1 heterocycles. The highest BCUT2D eigenvalue weighted by atomic mass is 32.2. The van der Waals surface area contributed by atoms with Gasteiger partial charge in [0.2, 0.25) is 0 Å². The van der Waals surface area contributed by atoms with Crippen LogP contribution in [0, 0.1) is 0 Å². The largest absolute Gasteiger partial charge is 0.456 e. The van der Waals surface area contributed by atoms with E-state index in [4.69, 9.17) is 4.74 Å². The lowest BCUT2D eigenvalue weighted by atomic mass is 10.3. The van der Waals surface area contributed by atoms with Crippen LogP contribution < -0.4 is 0 Å². The number of carbonyl (C=O) groups is 2. The van der Waals surface area contributed by atoms with Gasteiger partial charge in [0.1, 0.15) is 0 Å². The van der Waals surface area contributed by atoms with Gasteiger partial charge in [-0.05, 0) is 34.5 Å². The molecule has 0 saturated heterocycles. The van der Waals surface area contributed by atoms with Gasteiger partial charge in [0.05, 0.1) is 17.1 Å². The predicted octanol–water partition coefficient (Wildman–Crippen LogP) is 2.11. The van der Waals surface area contributed by atoms with Gasteiger partial charge in [-0.1, -0.05) is 18.2 Å². The second kappa shape index (κ2) is 8.77. The van der Waals surface area contributed by atoms with E-state index in [2.05, 4.69) is 0 Å². The highest BCUT2D eigenvalue weighted by molar-refractivity contribution is 7.91. The van der Waals surface area contributed by atoms with Crippen LogP contribution in [0.15, 0.2) is 52.1 Å². The Morgan fingerprint density at radius 1 is 1.16 bits per heavy atom. The van der Waals surface area contributed by atoms with Crippen molar-refractivity contribution in [3.63, 3.8) is 0 Å². The van der Waals surface area contributed by atoms with Crippen molar-refractivity contribution in [2.75, 3.05) is 19.4 Å². The molecule has 0 saturated carbocycles. The van der Waals surface area contributed by atoms with E-state index >= 15 is 0 Å². The number of sulfone groups is 1. The molecule has 6 nitrogen and oxygen atoms in total. The topological polar surface area (TPSA) is 80.8 Å². The average molecular weight is 381 g/mol. The molecule has 2 aromatic rings. The van der Waals surface area contributed by atoms with E-state index in [1.54, 1.807) is 25.2 Å². The molecule has 0 aliphatic carbocycles. The smallest absolute Gasteiger partial charge is 0.307 e. The Balaban J connectivity index is 1.76. The third-order valence-electron chi connectivity index (χ3n) is 3.46. The normalized spacial score (nSPS) is 11.1. The molecule has 0 N–H and O–H groups in total. The molecule has 0 aliphatic heterocycles. The number of esters is 1. The fourth-order valence-electron chi connectivity index (χ4n) is 2.03. The fourth-order valence-corrected chi connectivity index (χ4v) is 3.94. The molecule has 134 valence electrons. The van der Waals surface area contributed by atoms with E-state index in [1.807, 2.05) is 16.8 Å². The summed E-state index contributed by atoms with van der Waals surface area (Å²) in [6, 6.07) is 9.81. The van der Waals surface area contributed by atoms with Crippen LogP contribution in [0.1, 0.15) is 12.0 Å². The van der Waals surface area contributed by atoms with Gasteiger partial charge < -0.3 is 9.64 Å². The summed E-state index contributed by atoms with van der Waals surface area (Å²) in [7, 11) is -1.92. The lowest BCUT2D eigenvalue weighted by molar-refractivity contribution is -0.151. The number of nitrogens with zero attached hydrogens (tertiary/aromatic N) is 1. The number of rotatable bonds is 8. The van der Waals surface area contributed by atoms with E-state index in [1.165, 1.54) is 28.4 Å². The molecular formula is C17H19NO5S2. The quantitative estimate of drug-likeness (QED) is 0.654. The van der Waals surface area contributed by atoms with Crippen LogP contribution >= 0.6 is 11.3 Å². The number of amides is 1. The third-order valence-corrected chi connectivity index (χ3v) is 5.92. The molecular weight excluding hydrogens is 362 g/mol. The van der Waals surface area contributed by atoms with Crippen LogP contribution in [0.4, 0.5) is 0 Å². The lowest BCUT2D eigenvalue weighted by Crippen LogP contribution is -2.30. The molecule has 1 aromatic carbocycles. The second-order valence-corrected chi connectivity index (χ2v) is 8.31. The summed E-state index contributed by atoms with van der Waals surface area (Å²) in [5.41, 5.74) is 1.00. The van der Waals surface area contributed by atoms with E-state index in [9.17, 15) is 18.0 Å². The molecule has 25 heavy (non-hydrogen) atoms. The minimum absolute atomic E-state index is 0.161. The molecule has 1 amide bonds. The molecule has 0 fully saturated rings. The summed E-state index contributed by atoms with van der Waals surface area (Å²) in [6.45, 7) is 0.0348. The number of hydrogen-bond acceptors (Lipinski definition) is 6. The maximum atomic E-state index is 12.1. The molecule has 0 bridgehead atoms. The van der Waals surface area contributed by atoms with Crippen molar-refractivity contribution >= 4 is 33.1 Å². The zero-order chi connectivity index (χ0) is 18.3. The molecule has 0 unspecified atom stereocenters. The van der Waals surface area contributed by atoms with E-state index in [-0.39, 0.29) is 23.0 Å². The first kappa shape index (κ1) is 19.1. The molecule has 1 aromatic heterocycles. The highest BCUT2D eigenvalue weighted by Crippen LogP contribution is 2.12. The van der Waals surface area contributed by atoms with Crippen molar-refractivity contribution in [3.05, 3.63) is 52.7 Å². The number of thiophene rings is 1. The van der Waals surface area contributed by atoms with Crippen LogP contribution in [0.3, 0.4) is 0 Å². The maximum absolute atomic E-state index is 12.1. The second-order valence-electron chi connectivity index (χ2n) is 5.42. The summed E-state index contributed by atoms with van der Waals surface area (Å²) in [6.07, 6.45) is -0.293. The number of likely N-dealkylation sites (N-methyl/N-ethyl adjacent to an activating group) is 1. The Hall–Kier alpha value is -2.19. The summed E-state index contributed by atoms with van der Waals surface area (Å²) < 4.78 is 29.0. The average Bonchev–Trinajstić information content (AvgIpc) is 3.11. The van der Waals surface area contributed by atoms with Crippen molar-refractivity contribution in [1.82, 2.24) is 4.90 Å². The minimum Gasteiger partial charge on any atom is -0.456 e. The van der Waals surface area contributed by atoms with Gasteiger partial charge in [0.15, 0.2) is 16.4 Å². The number of hydrogen-bond donors (Lipinski definition) is 0. The van der Waals surface area contributed by atoms with Gasteiger partial charge in [0, 0.05) is 13.6 Å². The standard InChI is InChI=1S/C17H19NO5S2/c1-18(11-14-7-9-24-13-14)16(19)12-23-17(20)8-10-25(21,22)15-5-3-2-4-6-15/h2-7,9,13H,8,10-12H2,1H3. The van der Waals surface area contributed by atoms with Crippen LogP contribution in [-0.2, 0) is 30.7 Å². The van der Waals surface area contributed by atoms with Crippen molar-refractivity contribution in [2.45, 2.75) is 17.9 Å². The Morgan fingerprint density at radius 3 is 2.52 bits per heavy atom. The monoisotopic (exact) mass is 381 g/mol. The van der Waals surface area contributed by atoms with Crippen molar-refractivity contribution in [1.29, 1.82) is 0 Å². The van der Waals surface area contributed by atoms with Gasteiger partial charge in [-0.25, -0.2) is 8.42 Å². The summed E-state index contributed by atoms with van der Waals surface area (Å²) in [5, 5.41) is 3.85. The first-order valence-corrected chi connectivity index (χ1v) is 10.2. The lowest BCUT2D eigenvalue weighted by Gasteiger charge is -2.16. The number of benzene rings is 1.